The first-order valence-corrected chi connectivity index (χ1v) is 11.9. The van der Waals surface area contributed by atoms with E-state index in [1.54, 1.807) is 12.1 Å². The number of benzene rings is 2. The Hall–Kier alpha value is -2.38. The number of nitrogens with zero attached hydrogens (tertiary/aromatic N) is 4. The van der Waals surface area contributed by atoms with E-state index in [1.165, 1.54) is 0 Å². The average molecular weight is 587 g/mol. The monoisotopic (exact) mass is 584 g/mol. The van der Waals surface area contributed by atoms with E-state index in [0.29, 0.717) is 10.3 Å². The van der Waals surface area contributed by atoms with Crippen LogP contribution in [-0.4, -0.2) is 19.9 Å². The van der Waals surface area contributed by atoms with Gasteiger partial charge in [0, 0.05) is 21.5 Å². The van der Waals surface area contributed by atoms with Gasteiger partial charge >= 0.3 is 0 Å². The molecule has 0 saturated carbocycles. The highest BCUT2D eigenvalue weighted by atomic mass is 79.9. The summed E-state index contributed by atoms with van der Waals surface area (Å²) in [6, 6.07) is 23.4. The minimum atomic E-state index is 0.460. The zero-order valence-electron chi connectivity index (χ0n) is 16.2. The molecule has 0 aliphatic rings. The predicted octanol–water partition coefficient (Wildman–Crippen LogP) is 8.40. The van der Waals surface area contributed by atoms with Gasteiger partial charge in [-0.1, -0.05) is 59.6 Å². The van der Waals surface area contributed by atoms with Crippen LogP contribution in [0.15, 0.2) is 82.0 Å². The first-order valence-electron chi connectivity index (χ1n) is 9.51. The van der Waals surface area contributed by atoms with E-state index >= 15 is 0 Å². The van der Waals surface area contributed by atoms with Gasteiger partial charge in [0.05, 0.1) is 22.1 Å². The van der Waals surface area contributed by atoms with Crippen molar-refractivity contribution in [3.05, 3.63) is 92.3 Å². The van der Waals surface area contributed by atoms with Crippen LogP contribution in [0, 0.1) is 0 Å². The zero-order valence-corrected chi connectivity index (χ0v) is 20.9. The van der Waals surface area contributed by atoms with Crippen molar-refractivity contribution in [2.24, 2.45) is 0 Å². The molecule has 8 heteroatoms. The first kappa shape index (κ1) is 21.5. The molecule has 0 bridgehead atoms. The van der Waals surface area contributed by atoms with Crippen molar-refractivity contribution >= 4 is 98.7 Å². The standard InChI is InChI=1S/C12H6Br2N2.C12H6Cl2N2/c2*13-9-5-3-7-1-2-8-4-6-10(14)16-12(8)11(7)15-9/h2*1-6H. The Morgan fingerprint density at radius 3 is 1.06 bits per heavy atom. The van der Waals surface area contributed by atoms with E-state index in [2.05, 4.69) is 63.9 Å². The summed E-state index contributed by atoms with van der Waals surface area (Å²) in [4.78, 5) is 17.5. The van der Waals surface area contributed by atoms with Crippen LogP contribution in [0.25, 0.3) is 43.6 Å². The normalized spacial score (nSPS) is 11.1. The zero-order chi connectivity index (χ0) is 22.2. The SMILES string of the molecule is Brc1ccc2ccc3ccc(Br)nc3c2n1.Clc1ccc2ccc3ccc(Cl)nc3c2n1. The number of hydrogen-bond acceptors (Lipinski definition) is 4. The molecule has 0 saturated heterocycles. The molecule has 156 valence electrons. The lowest BCUT2D eigenvalue weighted by atomic mass is 10.1. The lowest BCUT2D eigenvalue weighted by molar-refractivity contribution is 1.32. The third kappa shape index (κ3) is 4.28. The Kier molecular flexibility index (Phi) is 5.95. The van der Waals surface area contributed by atoms with E-state index in [9.17, 15) is 0 Å². The van der Waals surface area contributed by atoms with Gasteiger partial charge in [-0.2, -0.15) is 0 Å². The largest absolute Gasteiger partial charge is 0.239 e. The van der Waals surface area contributed by atoms with E-state index < -0.39 is 0 Å². The molecule has 4 aromatic heterocycles. The molecule has 2 aromatic carbocycles. The fraction of sp³-hybridized carbons (Fsp3) is 0. The second kappa shape index (κ2) is 8.87. The number of halogens is 4. The Morgan fingerprint density at radius 1 is 0.406 bits per heavy atom. The van der Waals surface area contributed by atoms with Crippen molar-refractivity contribution in [1.29, 1.82) is 0 Å². The van der Waals surface area contributed by atoms with Crippen LogP contribution < -0.4 is 0 Å². The van der Waals surface area contributed by atoms with Gasteiger partial charge in [0.25, 0.3) is 0 Å². The average Bonchev–Trinajstić information content (AvgIpc) is 2.79. The van der Waals surface area contributed by atoms with Gasteiger partial charge in [-0.05, 0) is 68.3 Å². The molecule has 0 aliphatic carbocycles. The van der Waals surface area contributed by atoms with E-state index in [-0.39, 0.29) is 0 Å². The topological polar surface area (TPSA) is 51.6 Å². The Balaban J connectivity index is 0.000000135. The smallest absolute Gasteiger partial charge is 0.129 e. The second-order valence-corrected chi connectivity index (χ2v) is 9.35. The number of rotatable bonds is 0. The third-order valence-corrected chi connectivity index (χ3v) is 6.21. The molecule has 0 aliphatic heterocycles. The quantitative estimate of drug-likeness (QED) is 0.132. The predicted molar refractivity (Wildman–Crippen MR) is 140 cm³/mol. The van der Waals surface area contributed by atoms with Crippen LogP contribution in [0.5, 0.6) is 0 Å². The van der Waals surface area contributed by atoms with Gasteiger partial charge in [0.1, 0.15) is 19.5 Å². The number of fused-ring (bicyclic) bond motifs is 6. The lowest BCUT2D eigenvalue weighted by Crippen LogP contribution is -1.86. The highest BCUT2D eigenvalue weighted by Crippen LogP contribution is 2.26. The fourth-order valence-electron chi connectivity index (χ4n) is 3.44. The van der Waals surface area contributed by atoms with Gasteiger partial charge in [-0.15, -0.1) is 0 Å². The second-order valence-electron chi connectivity index (χ2n) is 6.95. The number of hydrogen-bond donors (Lipinski definition) is 0. The summed E-state index contributed by atoms with van der Waals surface area (Å²) in [7, 11) is 0. The summed E-state index contributed by atoms with van der Waals surface area (Å²) < 4.78 is 1.66. The molecule has 6 aromatic rings. The van der Waals surface area contributed by atoms with Crippen LogP contribution in [0.4, 0.5) is 0 Å². The van der Waals surface area contributed by atoms with Crippen LogP contribution in [0.3, 0.4) is 0 Å². The third-order valence-electron chi connectivity index (χ3n) is 4.90. The maximum absolute atomic E-state index is 5.89. The maximum Gasteiger partial charge on any atom is 0.129 e. The first-order chi connectivity index (χ1) is 15.5. The summed E-state index contributed by atoms with van der Waals surface area (Å²) in [5, 5.41) is 5.13. The highest BCUT2D eigenvalue weighted by molar-refractivity contribution is 9.10. The van der Waals surface area contributed by atoms with Crippen LogP contribution in [0.1, 0.15) is 0 Å². The number of aromatic nitrogens is 4. The maximum atomic E-state index is 5.89. The van der Waals surface area contributed by atoms with Crippen molar-refractivity contribution in [3.8, 4) is 0 Å². The molecule has 0 N–H and O–H groups in total. The molecule has 0 spiro atoms. The van der Waals surface area contributed by atoms with Gasteiger partial charge < -0.3 is 0 Å². The summed E-state index contributed by atoms with van der Waals surface area (Å²) in [5.41, 5.74) is 3.42. The molecule has 6 rings (SSSR count). The lowest BCUT2D eigenvalue weighted by Gasteiger charge is -2.03. The summed E-state index contributed by atoms with van der Waals surface area (Å²) in [5.74, 6) is 0. The van der Waals surface area contributed by atoms with Crippen molar-refractivity contribution < 1.29 is 0 Å². The van der Waals surface area contributed by atoms with Crippen LogP contribution >= 0.6 is 55.1 Å². The van der Waals surface area contributed by atoms with Crippen molar-refractivity contribution in [3.63, 3.8) is 0 Å². The molecule has 4 heterocycles. The van der Waals surface area contributed by atoms with Gasteiger partial charge in [0.15, 0.2) is 0 Å². The van der Waals surface area contributed by atoms with Crippen molar-refractivity contribution in [2.45, 2.75) is 0 Å². The van der Waals surface area contributed by atoms with E-state index in [1.807, 2.05) is 48.5 Å². The molecule has 0 amide bonds. The Labute approximate surface area is 209 Å². The summed E-state index contributed by atoms with van der Waals surface area (Å²) in [6.07, 6.45) is 0. The highest BCUT2D eigenvalue weighted by Gasteiger charge is 2.05. The minimum Gasteiger partial charge on any atom is -0.239 e. The van der Waals surface area contributed by atoms with Gasteiger partial charge in [-0.3, -0.25) is 0 Å². The molecular weight excluding hydrogens is 575 g/mol. The van der Waals surface area contributed by atoms with E-state index in [4.69, 9.17) is 23.2 Å². The molecular formula is C24H12Br2Cl2N4. The molecule has 0 unspecified atom stereocenters. The Morgan fingerprint density at radius 2 is 0.688 bits per heavy atom. The molecule has 4 nitrogen and oxygen atoms in total. The fourth-order valence-corrected chi connectivity index (χ4v) is 4.35. The summed E-state index contributed by atoms with van der Waals surface area (Å²) >= 11 is 18.5. The Bertz CT molecular complexity index is 1400. The minimum absolute atomic E-state index is 0.460. The van der Waals surface area contributed by atoms with E-state index in [0.717, 1.165) is 52.8 Å². The van der Waals surface area contributed by atoms with Gasteiger partial charge in [0.2, 0.25) is 0 Å². The van der Waals surface area contributed by atoms with Crippen LogP contribution in [-0.2, 0) is 0 Å². The molecule has 0 fully saturated rings. The molecule has 0 radical (unpaired) electrons. The van der Waals surface area contributed by atoms with Crippen molar-refractivity contribution in [2.75, 3.05) is 0 Å². The van der Waals surface area contributed by atoms with Gasteiger partial charge in [-0.25, -0.2) is 19.9 Å². The summed E-state index contributed by atoms with van der Waals surface area (Å²) in [6.45, 7) is 0. The number of pyridine rings is 4. The van der Waals surface area contributed by atoms with Crippen molar-refractivity contribution in [1.82, 2.24) is 19.9 Å². The molecule has 32 heavy (non-hydrogen) atoms. The molecule has 0 atom stereocenters. The van der Waals surface area contributed by atoms with Crippen LogP contribution in [0.2, 0.25) is 10.3 Å².